The number of pyridine rings is 2. The Balaban J connectivity index is 1.49. The Kier molecular flexibility index (Phi) is 4.42. The minimum Gasteiger partial charge on any atom is -0.347 e. The fourth-order valence-corrected chi connectivity index (χ4v) is 4.27. The Morgan fingerprint density at radius 2 is 1.93 bits per heavy atom. The van der Waals surface area contributed by atoms with Crippen LogP contribution in [0.2, 0.25) is 0 Å². The molecule has 3 aromatic rings. The highest BCUT2D eigenvalue weighted by Crippen LogP contribution is 2.33. The van der Waals surface area contributed by atoms with Gasteiger partial charge in [-0.1, -0.05) is 6.07 Å². The zero-order valence-corrected chi connectivity index (χ0v) is 16.3. The summed E-state index contributed by atoms with van der Waals surface area (Å²) in [6.45, 7) is 0.693. The number of hydrogen-bond acceptors (Lipinski definition) is 6. The Labute approximate surface area is 169 Å². The van der Waals surface area contributed by atoms with Gasteiger partial charge in [0.05, 0.1) is 0 Å². The summed E-state index contributed by atoms with van der Waals surface area (Å²) in [5, 5.41) is 0. The quantitative estimate of drug-likeness (QED) is 0.686. The molecule has 29 heavy (non-hydrogen) atoms. The van der Waals surface area contributed by atoms with Crippen LogP contribution in [0.1, 0.15) is 24.1 Å². The van der Waals surface area contributed by atoms with Gasteiger partial charge in [-0.25, -0.2) is 9.97 Å². The minimum atomic E-state index is -0.237. The van der Waals surface area contributed by atoms with E-state index in [9.17, 15) is 4.79 Å². The van der Waals surface area contributed by atoms with E-state index in [0.717, 1.165) is 48.6 Å². The monoisotopic (exact) mass is 386 g/mol. The van der Waals surface area contributed by atoms with Crippen molar-refractivity contribution in [1.82, 2.24) is 19.9 Å². The Hall–Kier alpha value is -3.35. The maximum Gasteiger partial charge on any atom is 0.249 e. The van der Waals surface area contributed by atoms with E-state index in [1.165, 1.54) is 5.56 Å². The van der Waals surface area contributed by atoms with Crippen molar-refractivity contribution in [2.45, 2.75) is 31.7 Å². The first-order chi connectivity index (χ1) is 14.2. The zero-order valence-electron chi connectivity index (χ0n) is 16.3. The lowest BCUT2D eigenvalue weighted by atomic mass is 10.1. The van der Waals surface area contributed by atoms with E-state index < -0.39 is 0 Å². The number of aryl methyl sites for hydroxylation is 1. The van der Waals surface area contributed by atoms with Crippen LogP contribution in [0, 0.1) is 0 Å². The predicted octanol–water partition coefficient (Wildman–Crippen LogP) is 2.66. The highest BCUT2D eigenvalue weighted by atomic mass is 16.2. The third-order valence-corrected chi connectivity index (χ3v) is 5.76. The van der Waals surface area contributed by atoms with Crippen molar-refractivity contribution in [2.75, 3.05) is 23.4 Å². The fraction of sp³-hybridized carbons (Fsp3) is 0.318. The molecule has 2 aliphatic rings. The second kappa shape index (κ2) is 7.24. The van der Waals surface area contributed by atoms with E-state index in [4.69, 9.17) is 9.97 Å². The highest BCUT2D eigenvalue weighted by molar-refractivity contribution is 6.01. The summed E-state index contributed by atoms with van der Waals surface area (Å²) >= 11 is 0. The van der Waals surface area contributed by atoms with Crippen molar-refractivity contribution in [1.29, 1.82) is 0 Å². The molecule has 1 fully saturated rings. The molecule has 4 heterocycles. The number of nitrogens with zero attached hydrogens (tertiary/aromatic N) is 6. The summed E-state index contributed by atoms with van der Waals surface area (Å²) in [4.78, 5) is 35.2. The van der Waals surface area contributed by atoms with Gasteiger partial charge in [0, 0.05) is 49.1 Å². The van der Waals surface area contributed by atoms with Crippen molar-refractivity contribution in [3.8, 4) is 11.5 Å². The number of amides is 1. The van der Waals surface area contributed by atoms with Crippen molar-refractivity contribution >= 4 is 17.4 Å². The molecule has 7 heteroatoms. The summed E-state index contributed by atoms with van der Waals surface area (Å²) < 4.78 is 0. The van der Waals surface area contributed by atoms with Crippen LogP contribution in [0.4, 0.5) is 11.5 Å². The Morgan fingerprint density at radius 3 is 2.72 bits per heavy atom. The number of aromatic nitrogens is 4. The van der Waals surface area contributed by atoms with Crippen LogP contribution >= 0.6 is 0 Å². The molecule has 146 valence electrons. The SMILES string of the molecule is CN(c1nc(-c2ccccn2)nc2c1CCC2)[C@H]1CCN(c2ccncc2)C1=O. The van der Waals surface area contributed by atoms with Crippen LogP contribution in [-0.2, 0) is 17.6 Å². The normalized spacial score (nSPS) is 18.2. The zero-order chi connectivity index (χ0) is 19.8. The molecule has 0 aromatic carbocycles. The lowest BCUT2D eigenvalue weighted by Crippen LogP contribution is -2.40. The fourth-order valence-electron chi connectivity index (χ4n) is 4.27. The molecule has 0 radical (unpaired) electrons. The molecule has 1 aliphatic heterocycles. The second-order valence-electron chi connectivity index (χ2n) is 7.48. The number of rotatable bonds is 4. The molecule has 7 nitrogen and oxygen atoms in total. The van der Waals surface area contributed by atoms with Gasteiger partial charge < -0.3 is 9.80 Å². The van der Waals surface area contributed by atoms with Gasteiger partial charge in [0.2, 0.25) is 5.91 Å². The van der Waals surface area contributed by atoms with Crippen LogP contribution in [0.3, 0.4) is 0 Å². The van der Waals surface area contributed by atoms with E-state index in [-0.39, 0.29) is 11.9 Å². The van der Waals surface area contributed by atoms with Crippen LogP contribution in [0.25, 0.3) is 11.5 Å². The van der Waals surface area contributed by atoms with Crippen LogP contribution in [0.5, 0.6) is 0 Å². The van der Waals surface area contributed by atoms with E-state index in [1.807, 2.05) is 47.2 Å². The maximum absolute atomic E-state index is 13.2. The summed E-state index contributed by atoms with van der Waals surface area (Å²) in [6, 6.07) is 9.26. The lowest BCUT2D eigenvalue weighted by Gasteiger charge is -2.27. The molecule has 5 rings (SSSR count). The number of carbonyl (C=O) groups is 1. The van der Waals surface area contributed by atoms with Gasteiger partial charge in [-0.15, -0.1) is 0 Å². The molecule has 1 aliphatic carbocycles. The molecule has 0 N–H and O–H groups in total. The highest BCUT2D eigenvalue weighted by Gasteiger charge is 2.37. The average Bonchev–Trinajstić information content (AvgIpc) is 3.40. The molecule has 0 bridgehead atoms. The minimum absolute atomic E-state index is 0.100. The van der Waals surface area contributed by atoms with Crippen molar-refractivity contribution in [2.24, 2.45) is 0 Å². The largest absolute Gasteiger partial charge is 0.347 e. The van der Waals surface area contributed by atoms with Gasteiger partial charge in [-0.2, -0.15) is 0 Å². The molecular formula is C22H22N6O. The first-order valence-corrected chi connectivity index (χ1v) is 9.98. The van der Waals surface area contributed by atoms with Crippen molar-refractivity contribution in [3.05, 3.63) is 60.2 Å². The number of anilines is 2. The predicted molar refractivity (Wildman–Crippen MR) is 111 cm³/mol. The Morgan fingerprint density at radius 1 is 1.07 bits per heavy atom. The molecule has 1 atom stereocenters. The van der Waals surface area contributed by atoms with Gasteiger partial charge in [0.1, 0.15) is 17.6 Å². The Bertz CT molecular complexity index is 1040. The second-order valence-corrected chi connectivity index (χ2v) is 7.48. The van der Waals surface area contributed by atoms with E-state index in [2.05, 4.69) is 9.97 Å². The standard InChI is InChI=1S/C22H22N6O/c1-27(19-10-14-28(22(19)29)15-8-12-23-13-9-15)21-16-5-4-7-17(16)25-20(26-21)18-6-2-3-11-24-18/h2-3,6,8-9,11-13,19H,4-5,7,10,14H2,1H3/t19-/m0/s1. The number of likely N-dealkylation sites (N-methyl/N-ethyl adjacent to an activating group) is 1. The van der Waals surface area contributed by atoms with Crippen molar-refractivity contribution < 1.29 is 4.79 Å². The summed E-state index contributed by atoms with van der Waals surface area (Å²) in [5.41, 5.74) is 3.90. The van der Waals surface area contributed by atoms with Gasteiger partial charge in [0.15, 0.2) is 5.82 Å². The molecule has 0 unspecified atom stereocenters. The summed E-state index contributed by atoms with van der Waals surface area (Å²) in [6.07, 6.45) is 8.91. The van der Waals surface area contributed by atoms with Gasteiger partial charge in [-0.05, 0) is 49.9 Å². The topological polar surface area (TPSA) is 75.1 Å². The summed E-state index contributed by atoms with van der Waals surface area (Å²) in [7, 11) is 1.97. The van der Waals surface area contributed by atoms with Gasteiger partial charge in [0.25, 0.3) is 0 Å². The number of fused-ring (bicyclic) bond motifs is 1. The van der Waals surface area contributed by atoms with Crippen LogP contribution in [-0.4, -0.2) is 45.5 Å². The number of carbonyl (C=O) groups excluding carboxylic acids is 1. The van der Waals surface area contributed by atoms with Crippen molar-refractivity contribution in [3.63, 3.8) is 0 Å². The molecule has 0 saturated carbocycles. The third kappa shape index (κ3) is 3.12. The van der Waals surface area contributed by atoms with Gasteiger partial charge in [-0.3, -0.25) is 14.8 Å². The smallest absolute Gasteiger partial charge is 0.249 e. The van der Waals surface area contributed by atoms with Gasteiger partial charge >= 0.3 is 0 Å². The first kappa shape index (κ1) is 17.7. The molecule has 3 aromatic heterocycles. The van der Waals surface area contributed by atoms with E-state index >= 15 is 0 Å². The van der Waals surface area contributed by atoms with Crippen LogP contribution < -0.4 is 9.80 Å². The lowest BCUT2D eigenvalue weighted by molar-refractivity contribution is -0.118. The molecule has 1 saturated heterocycles. The molecule has 0 spiro atoms. The molecular weight excluding hydrogens is 364 g/mol. The maximum atomic E-state index is 13.2. The third-order valence-electron chi connectivity index (χ3n) is 5.76. The average molecular weight is 386 g/mol. The van der Waals surface area contributed by atoms with E-state index in [0.29, 0.717) is 12.4 Å². The summed E-state index contributed by atoms with van der Waals surface area (Å²) in [5.74, 6) is 1.59. The molecule has 1 amide bonds. The van der Waals surface area contributed by atoms with Crippen LogP contribution in [0.15, 0.2) is 48.9 Å². The number of hydrogen-bond donors (Lipinski definition) is 0. The van der Waals surface area contributed by atoms with E-state index in [1.54, 1.807) is 18.6 Å². The first-order valence-electron chi connectivity index (χ1n) is 9.98.